The fourth-order valence-corrected chi connectivity index (χ4v) is 4.06. The highest BCUT2D eigenvalue weighted by atomic mass is 16.6. The molecule has 1 fully saturated rings. The number of allylic oxidation sites excluding steroid dienone is 1. The van der Waals surface area contributed by atoms with Crippen LogP contribution in [0.3, 0.4) is 0 Å². The van der Waals surface area contributed by atoms with Gasteiger partial charge in [-0.3, -0.25) is 4.79 Å². The van der Waals surface area contributed by atoms with Gasteiger partial charge in [-0.2, -0.15) is 0 Å². The van der Waals surface area contributed by atoms with E-state index in [1.165, 1.54) is 6.92 Å². The molecule has 8 heteroatoms. The standard InChI is InChI=1S/C22H30O8/c1-6-12(2)19(24)28-16-9-13(3)22(26)8-7-21(5,30-22)10-17-18(16)15(20(25)29-17)11-27-14(4)23/h6,10,13,16,19,24,26H,7-9,11H2,1-5H3/b12-6+,17-10+/t13-,16+,19?,21-,22+/m1/s1. The van der Waals surface area contributed by atoms with Gasteiger partial charge in [0.05, 0.1) is 17.3 Å². The second kappa shape index (κ2) is 8.26. The van der Waals surface area contributed by atoms with Crippen LogP contribution in [0.1, 0.15) is 53.9 Å². The summed E-state index contributed by atoms with van der Waals surface area (Å²) in [5.74, 6) is -2.65. The number of esters is 2. The van der Waals surface area contributed by atoms with Crippen molar-refractivity contribution < 1.29 is 38.7 Å². The van der Waals surface area contributed by atoms with Gasteiger partial charge < -0.3 is 29.2 Å². The van der Waals surface area contributed by atoms with Crippen molar-refractivity contribution in [1.29, 1.82) is 0 Å². The van der Waals surface area contributed by atoms with Crippen molar-refractivity contribution >= 4 is 11.9 Å². The Kier molecular flexibility index (Phi) is 6.25. The molecule has 3 aliphatic rings. The minimum Gasteiger partial charge on any atom is -0.461 e. The third kappa shape index (κ3) is 4.37. The van der Waals surface area contributed by atoms with Crippen LogP contribution < -0.4 is 0 Å². The second-order valence-electron chi connectivity index (χ2n) is 8.48. The van der Waals surface area contributed by atoms with Crippen molar-refractivity contribution in [2.24, 2.45) is 5.92 Å². The molecule has 0 aromatic rings. The van der Waals surface area contributed by atoms with Crippen LogP contribution in [-0.2, 0) is 28.5 Å². The number of hydrogen-bond acceptors (Lipinski definition) is 8. The first-order valence-corrected chi connectivity index (χ1v) is 10.2. The van der Waals surface area contributed by atoms with Gasteiger partial charge >= 0.3 is 11.9 Å². The molecule has 3 heterocycles. The zero-order valence-electron chi connectivity index (χ0n) is 18.1. The van der Waals surface area contributed by atoms with E-state index in [4.69, 9.17) is 18.9 Å². The minimum atomic E-state index is -1.37. The average Bonchev–Trinajstić information content (AvgIpc) is 3.14. The lowest BCUT2D eigenvalue weighted by molar-refractivity contribution is -0.241. The SMILES string of the molecule is C/C=C(\C)C(O)O[C@H]1C[C@@H](C)[C@]2(O)CC[C@](C)(/C=C3/OC(=O)C(COC(C)=O)=C31)O2. The van der Waals surface area contributed by atoms with Crippen LogP contribution in [0.15, 0.2) is 34.6 Å². The van der Waals surface area contributed by atoms with E-state index in [1.807, 2.05) is 13.8 Å². The van der Waals surface area contributed by atoms with E-state index in [-0.39, 0.29) is 30.3 Å². The van der Waals surface area contributed by atoms with Gasteiger partial charge in [-0.15, -0.1) is 0 Å². The lowest BCUT2D eigenvalue weighted by atomic mass is 9.86. The highest BCUT2D eigenvalue weighted by Gasteiger charge is 2.52. The van der Waals surface area contributed by atoms with Gasteiger partial charge in [0.25, 0.3) is 0 Å². The Morgan fingerprint density at radius 3 is 2.73 bits per heavy atom. The zero-order valence-corrected chi connectivity index (χ0v) is 18.1. The molecule has 8 nitrogen and oxygen atoms in total. The lowest BCUT2D eigenvalue weighted by Crippen LogP contribution is -2.40. The molecule has 0 aliphatic carbocycles. The summed E-state index contributed by atoms with van der Waals surface area (Å²) in [7, 11) is 0. The van der Waals surface area contributed by atoms with Crippen molar-refractivity contribution in [2.45, 2.75) is 77.7 Å². The van der Waals surface area contributed by atoms with Gasteiger partial charge in [0.15, 0.2) is 12.1 Å². The Balaban J connectivity index is 2.10. The maximum Gasteiger partial charge on any atom is 0.343 e. The van der Waals surface area contributed by atoms with E-state index < -0.39 is 35.7 Å². The van der Waals surface area contributed by atoms with E-state index in [2.05, 4.69) is 0 Å². The van der Waals surface area contributed by atoms with E-state index >= 15 is 0 Å². The van der Waals surface area contributed by atoms with Crippen molar-refractivity contribution in [3.05, 3.63) is 34.6 Å². The fraction of sp³-hybridized carbons (Fsp3) is 0.636. The molecule has 0 aromatic heterocycles. The molecule has 5 atom stereocenters. The van der Waals surface area contributed by atoms with E-state index in [9.17, 15) is 19.8 Å². The number of hydrogen-bond donors (Lipinski definition) is 2. The Hall–Kier alpha value is -2.00. The minimum absolute atomic E-state index is 0.160. The molecule has 0 spiro atoms. The van der Waals surface area contributed by atoms with Gasteiger partial charge in [-0.25, -0.2) is 4.79 Å². The molecule has 0 aromatic carbocycles. The summed E-state index contributed by atoms with van der Waals surface area (Å²) in [6.45, 7) is 8.15. The normalized spacial score (nSPS) is 36.8. The van der Waals surface area contributed by atoms with Crippen LogP contribution in [-0.4, -0.2) is 52.5 Å². The topological polar surface area (TPSA) is 112 Å². The number of ether oxygens (including phenoxy) is 4. The van der Waals surface area contributed by atoms with Gasteiger partial charge in [0, 0.05) is 24.8 Å². The first-order chi connectivity index (χ1) is 14.0. The van der Waals surface area contributed by atoms with Gasteiger partial charge in [0.2, 0.25) is 0 Å². The van der Waals surface area contributed by atoms with Crippen molar-refractivity contribution in [2.75, 3.05) is 6.61 Å². The summed E-state index contributed by atoms with van der Waals surface area (Å²) in [4.78, 5) is 23.9. The molecule has 2 bridgehead atoms. The summed E-state index contributed by atoms with van der Waals surface area (Å²) in [5, 5.41) is 21.6. The quantitative estimate of drug-likeness (QED) is 0.394. The second-order valence-corrected chi connectivity index (χ2v) is 8.48. The number of carbonyl (C=O) groups excluding carboxylic acids is 2. The number of rotatable bonds is 5. The molecule has 3 rings (SSSR count). The molecular weight excluding hydrogens is 392 g/mol. The summed E-state index contributed by atoms with van der Waals surface area (Å²) >= 11 is 0. The molecule has 30 heavy (non-hydrogen) atoms. The van der Waals surface area contributed by atoms with Gasteiger partial charge in [-0.1, -0.05) is 13.0 Å². The fourth-order valence-electron chi connectivity index (χ4n) is 4.06. The molecule has 0 saturated carbocycles. The zero-order chi connectivity index (χ0) is 22.3. The maximum atomic E-state index is 12.6. The summed E-state index contributed by atoms with van der Waals surface area (Å²) < 4.78 is 22.5. The average molecular weight is 422 g/mol. The summed E-state index contributed by atoms with van der Waals surface area (Å²) in [6, 6.07) is 0. The summed E-state index contributed by atoms with van der Waals surface area (Å²) in [6.07, 6.45) is 2.62. The van der Waals surface area contributed by atoms with Crippen molar-refractivity contribution in [3.63, 3.8) is 0 Å². The van der Waals surface area contributed by atoms with Crippen LogP contribution in [0.2, 0.25) is 0 Å². The van der Waals surface area contributed by atoms with Crippen molar-refractivity contribution in [3.8, 4) is 0 Å². The molecule has 1 unspecified atom stereocenters. The first kappa shape index (κ1) is 22.7. The Bertz CT molecular complexity index is 825. The number of aliphatic hydroxyl groups excluding tert-OH is 1. The molecule has 0 amide bonds. The van der Waals surface area contributed by atoms with Crippen LogP contribution in [0.5, 0.6) is 0 Å². The van der Waals surface area contributed by atoms with E-state index in [1.54, 1.807) is 26.0 Å². The van der Waals surface area contributed by atoms with Crippen LogP contribution in [0.25, 0.3) is 0 Å². The predicted molar refractivity (Wildman–Crippen MR) is 106 cm³/mol. The maximum absolute atomic E-state index is 12.6. The van der Waals surface area contributed by atoms with Gasteiger partial charge in [-0.05, 0) is 45.3 Å². The Morgan fingerprint density at radius 2 is 2.10 bits per heavy atom. The molecule has 1 saturated heterocycles. The third-order valence-corrected chi connectivity index (χ3v) is 6.08. The largest absolute Gasteiger partial charge is 0.461 e. The Morgan fingerprint density at radius 1 is 1.40 bits per heavy atom. The molecule has 2 N–H and O–H groups in total. The number of carbonyl (C=O) groups is 2. The number of fused-ring (bicyclic) bond motifs is 3. The molecule has 0 radical (unpaired) electrons. The monoisotopic (exact) mass is 422 g/mol. The number of aliphatic hydroxyl groups is 2. The van der Waals surface area contributed by atoms with Crippen LogP contribution in [0.4, 0.5) is 0 Å². The first-order valence-electron chi connectivity index (χ1n) is 10.2. The molecular formula is C22H30O8. The molecule has 3 aliphatic heterocycles. The van der Waals surface area contributed by atoms with Gasteiger partial charge in [0.1, 0.15) is 12.4 Å². The van der Waals surface area contributed by atoms with Crippen molar-refractivity contribution in [1.82, 2.24) is 0 Å². The lowest BCUT2D eigenvalue weighted by Gasteiger charge is -2.33. The molecule has 166 valence electrons. The highest BCUT2D eigenvalue weighted by Crippen LogP contribution is 2.47. The third-order valence-electron chi connectivity index (χ3n) is 6.08. The Labute approximate surface area is 176 Å². The van der Waals surface area contributed by atoms with Crippen LogP contribution >= 0.6 is 0 Å². The van der Waals surface area contributed by atoms with Crippen LogP contribution in [0, 0.1) is 5.92 Å². The van der Waals surface area contributed by atoms with E-state index in [0.717, 1.165) is 0 Å². The summed E-state index contributed by atoms with van der Waals surface area (Å²) in [5.41, 5.74) is 0.335. The predicted octanol–water partition coefficient (Wildman–Crippen LogP) is 2.25. The highest BCUT2D eigenvalue weighted by molar-refractivity contribution is 5.95. The van der Waals surface area contributed by atoms with E-state index in [0.29, 0.717) is 24.0 Å². The smallest absolute Gasteiger partial charge is 0.343 e.